The number of ether oxygens (including phenoxy) is 1. The van der Waals surface area contributed by atoms with Gasteiger partial charge in [-0.05, 0) is 47.7 Å². The lowest BCUT2D eigenvalue weighted by atomic mass is 9.87. The maximum absolute atomic E-state index is 11.9. The third-order valence-corrected chi connectivity index (χ3v) is 4.34. The molecule has 26 heavy (non-hydrogen) atoms. The molecular formula is C20H24Cl2N2O2. The first kappa shape index (κ1) is 20.4. The normalized spacial score (nSPS) is 11.1. The van der Waals surface area contributed by atoms with E-state index in [1.54, 1.807) is 18.2 Å². The summed E-state index contributed by atoms with van der Waals surface area (Å²) in [6, 6.07) is 12.7. The van der Waals surface area contributed by atoms with Crippen LogP contribution in [0, 0.1) is 0 Å². The molecule has 2 aromatic rings. The Balaban J connectivity index is 1.68. The zero-order valence-corrected chi connectivity index (χ0v) is 16.7. The number of amides is 2. The molecule has 0 radical (unpaired) electrons. The molecule has 2 N–H and O–H groups in total. The fourth-order valence-corrected chi connectivity index (χ4v) is 2.61. The zero-order chi connectivity index (χ0) is 19.2. The smallest absolute Gasteiger partial charge is 0.319 e. The molecule has 0 atom stereocenters. The van der Waals surface area contributed by atoms with Gasteiger partial charge in [0.15, 0.2) is 0 Å². The monoisotopic (exact) mass is 394 g/mol. The molecule has 0 saturated carbocycles. The minimum Gasteiger partial charge on any atom is -0.494 e. The predicted molar refractivity (Wildman–Crippen MR) is 109 cm³/mol. The highest BCUT2D eigenvalue weighted by Gasteiger charge is 2.12. The van der Waals surface area contributed by atoms with E-state index in [1.807, 2.05) is 12.1 Å². The molecule has 4 nitrogen and oxygen atoms in total. The first-order valence-electron chi connectivity index (χ1n) is 8.49. The summed E-state index contributed by atoms with van der Waals surface area (Å²) in [7, 11) is 0. The van der Waals surface area contributed by atoms with E-state index in [9.17, 15) is 4.79 Å². The van der Waals surface area contributed by atoms with E-state index in [4.69, 9.17) is 27.9 Å². The van der Waals surface area contributed by atoms with Crippen molar-refractivity contribution in [3.8, 4) is 5.75 Å². The SMILES string of the molecule is CC(C)(C)c1ccc(OCCCNC(=O)Nc2cc(Cl)ccc2Cl)cc1. The second kappa shape index (κ2) is 9.15. The number of carbonyl (C=O) groups is 1. The Kier molecular flexibility index (Phi) is 7.18. The van der Waals surface area contributed by atoms with Crippen LogP contribution in [0.25, 0.3) is 0 Å². The molecule has 2 rings (SSSR count). The first-order chi connectivity index (χ1) is 12.3. The van der Waals surface area contributed by atoms with Crippen LogP contribution < -0.4 is 15.4 Å². The Morgan fingerprint density at radius 3 is 2.42 bits per heavy atom. The van der Waals surface area contributed by atoms with Gasteiger partial charge in [0.25, 0.3) is 0 Å². The lowest BCUT2D eigenvalue weighted by Gasteiger charge is -2.19. The summed E-state index contributed by atoms with van der Waals surface area (Å²) in [5, 5.41) is 6.38. The average Bonchev–Trinajstić information content (AvgIpc) is 2.57. The van der Waals surface area contributed by atoms with E-state index in [-0.39, 0.29) is 11.4 Å². The molecule has 2 aromatic carbocycles. The number of nitrogens with one attached hydrogen (secondary N) is 2. The summed E-state index contributed by atoms with van der Waals surface area (Å²) in [5.41, 5.74) is 1.87. The first-order valence-corrected chi connectivity index (χ1v) is 9.24. The highest BCUT2D eigenvalue weighted by atomic mass is 35.5. The van der Waals surface area contributed by atoms with Crippen molar-refractivity contribution in [3.63, 3.8) is 0 Å². The molecule has 0 fully saturated rings. The lowest BCUT2D eigenvalue weighted by Crippen LogP contribution is -2.30. The minimum atomic E-state index is -0.330. The summed E-state index contributed by atoms with van der Waals surface area (Å²) in [5.74, 6) is 0.827. The molecule has 0 unspecified atom stereocenters. The van der Waals surface area contributed by atoms with Crippen LogP contribution in [0.4, 0.5) is 10.5 Å². The lowest BCUT2D eigenvalue weighted by molar-refractivity contribution is 0.250. The predicted octanol–water partition coefficient (Wildman–Crippen LogP) is 5.88. The van der Waals surface area contributed by atoms with Gasteiger partial charge in [-0.1, -0.05) is 56.1 Å². The van der Waals surface area contributed by atoms with Gasteiger partial charge in [-0.25, -0.2) is 4.79 Å². The summed E-state index contributed by atoms with van der Waals surface area (Å²) >= 11 is 11.9. The van der Waals surface area contributed by atoms with E-state index in [0.29, 0.717) is 35.3 Å². The van der Waals surface area contributed by atoms with E-state index >= 15 is 0 Å². The van der Waals surface area contributed by atoms with Crippen LogP contribution in [0.3, 0.4) is 0 Å². The van der Waals surface area contributed by atoms with Gasteiger partial charge in [-0.15, -0.1) is 0 Å². The van der Waals surface area contributed by atoms with Crippen molar-refractivity contribution in [2.45, 2.75) is 32.6 Å². The van der Waals surface area contributed by atoms with Crippen molar-refractivity contribution in [2.75, 3.05) is 18.5 Å². The van der Waals surface area contributed by atoms with E-state index in [1.165, 1.54) is 5.56 Å². The van der Waals surface area contributed by atoms with Gasteiger partial charge in [0.05, 0.1) is 17.3 Å². The third kappa shape index (κ3) is 6.43. The number of benzene rings is 2. The van der Waals surface area contributed by atoms with Crippen LogP contribution in [-0.2, 0) is 5.41 Å². The zero-order valence-electron chi connectivity index (χ0n) is 15.2. The van der Waals surface area contributed by atoms with E-state index in [0.717, 1.165) is 5.75 Å². The van der Waals surface area contributed by atoms with E-state index < -0.39 is 0 Å². The molecule has 0 aliphatic carbocycles. The van der Waals surface area contributed by atoms with Crippen molar-refractivity contribution >= 4 is 34.9 Å². The quantitative estimate of drug-likeness (QED) is 0.600. The molecule has 140 valence electrons. The summed E-state index contributed by atoms with van der Waals surface area (Å²) in [6.45, 7) is 7.54. The number of urea groups is 1. The number of carbonyl (C=O) groups excluding carboxylic acids is 1. The van der Waals surface area contributed by atoms with Crippen LogP contribution in [0.1, 0.15) is 32.8 Å². The number of hydrogen-bond acceptors (Lipinski definition) is 2. The maximum atomic E-state index is 11.9. The largest absolute Gasteiger partial charge is 0.494 e. The van der Waals surface area contributed by atoms with Gasteiger partial charge in [-0.3, -0.25) is 0 Å². The van der Waals surface area contributed by atoms with Crippen molar-refractivity contribution in [2.24, 2.45) is 0 Å². The minimum absolute atomic E-state index is 0.127. The molecule has 0 aliphatic rings. The van der Waals surface area contributed by atoms with Gasteiger partial charge >= 0.3 is 6.03 Å². The number of rotatable bonds is 6. The van der Waals surface area contributed by atoms with Crippen LogP contribution in [0.2, 0.25) is 10.0 Å². The van der Waals surface area contributed by atoms with Gasteiger partial charge in [0.1, 0.15) is 5.75 Å². The molecule has 6 heteroatoms. The molecule has 0 heterocycles. The molecule has 0 bridgehead atoms. The maximum Gasteiger partial charge on any atom is 0.319 e. The highest BCUT2D eigenvalue weighted by Crippen LogP contribution is 2.25. The number of anilines is 1. The average molecular weight is 395 g/mol. The second-order valence-electron chi connectivity index (χ2n) is 6.98. The Hall–Kier alpha value is -1.91. The van der Waals surface area contributed by atoms with Gasteiger partial charge in [0.2, 0.25) is 0 Å². The molecular weight excluding hydrogens is 371 g/mol. The Morgan fingerprint density at radius 2 is 1.77 bits per heavy atom. The Morgan fingerprint density at radius 1 is 1.08 bits per heavy atom. The van der Waals surface area contributed by atoms with Crippen molar-refractivity contribution in [3.05, 3.63) is 58.1 Å². The second-order valence-corrected chi connectivity index (χ2v) is 7.83. The fraction of sp³-hybridized carbons (Fsp3) is 0.350. The molecule has 0 aromatic heterocycles. The summed E-state index contributed by atoms with van der Waals surface area (Å²) in [4.78, 5) is 11.9. The van der Waals surface area contributed by atoms with Gasteiger partial charge in [0, 0.05) is 11.6 Å². The third-order valence-electron chi connectivity index (χ3n) is 3.77. The standard InChI is InChI=1S/C20H24Cl2N2O2/c1-20(2,3)14-5-8-16(9-6-14)26-12-4-11-23-19(25)24-18-13-15(21)7-10-17(18)22/h5-10,13H,4,11-12H2,1-3H3,(H2,23,24,25). The molecule has 0 saturated heterocycles. The van der Waals surface area contributed by atoms with Crippen LogP contribution in [0.15, 0.2) is 42.5 Å². The summed E-state index contributed by atoms with van der Waals surface area (Å²) in [6.07, 6.45) is 0.692. The Bertz CT molecular complexity index is 740. The van der Waals surface area contributed by atoms with Gasteiger partial charge in [-0.2, -0.15) is 0 Å². The molecule has 0 spiro atoms. The Labute approximate surface area is 164 Å². The molecule has 2 amide bonds. The topological polar surface area (TPSA) is 50.4 Å². The molecule has 0 aliphatic heterocycles. The number of halogens is 2. The number of hydrogen-bond donors (Lipinski definition) is 2. The van der Waals surface area contributed by atoms with Crippen molar-refractivity contribution in [1.82, 2.24) is 5.32 Å². The van der Waals surface area contributed by atoms with Crippen LogP contribution >= 0.6 is 23.2 Å². The van der Waals surface area contributed by atoms with E-state index in [2.05, 4.69) is 43.5 Å². The van der Waals surface area contributed by atoms with Crippen molar-refractivity contribution in [1.29, 1.82) is 0 Å². The summed E-state index contributed by atoms with van der Waals surface area (Å²) < 4.78 is 5.70. The highest BCUT2D eigenvalue weighted by molar-refractivity contribution is 6.35. The fourth-order valence-electron chi connectivity index (χ4n) is 2.28. The van der Waals surface area contributed by atoms with Gasteiger partial charge < -0.3 is 15.4 Å². The van der Waals surface area contributed by atoms with Crippen LogP contribution in [0.5, 0.6) is 5.75 Å². The van der Waals surface area contributed by atoms with Crippen molar-refractivity contribution < 1.29 is 9.53 Å². The van der Waals surface area contributed by atoms with Crippen LogP contribution in [-0.4, -0.2) is 19.2 Å².